The summed E-state index contributed by atoms with van der Waals surface area (Å²) in [6.45, 7) is 3.21. The van der Waals surface area contributed by atoms with Crippen LogP contribution in [0.1, 0.15) is 57.2 Å². The monoisotopic (exact) mass is 278 g/mol. The van der Waals surface area contributed by atoms with E-state index in [0.717, 1.165) is 13.0 Å². The van der Waals surface area contributed by atoms with Gasteiger partial charge in [0.2, 0.25) is 0 Å². The number of likely N-dealkylation sites (N-methyl/N-ethyl adjacent to an activating group) is 2. The molecule has 0 bridgehead atoms. The predicted molar refractivity (Wildman–Crippen MR) is 83.8 cm³/mol. The van der Waals surface area contributed by atoms with Gasteiger partial charge in [0, 0.05) is 18.3 Å². The Bertz CT molecular complexity index is 404. The second-order valence-electron chi connectivity index (χ2n) is 6.26. The Labute approximate surface area is 123 Å². The highest BCUT2D eigenvalue weighted by molar-refractivity contribution is 5.16. The minimum atomic E-state index is 0.221. The van der Waals surface area contributed by atoms with Crippen molar-refractivity contribution in [3.8, 4) is 0 Å². The molecule has 0 saturated heterocycles. The van der Waals surface area contributed by atoms with E-state index in [1.165, 1.54) is 37.8 Å². The molecule has 1 aliphatic rings. The maximum atomic E-state index is 4.52. The van der Waals surface area contributed by atoms with Crippen LogP contribution in [0, 0.1) is 0 Å². The van der Waals surface area contributed by atoms with Gasteiger partial charge in [-0.15, -0.1) is 0 Å². The molecule has 4 heteroatoms. The minimum Gasteiger partial charge on any atom is -0.310 e. The zero-order valence-corrected chi connectivity index (χ0v) is 13.5. The number of hydrogen-bond donors (Lipinski definition) is 1. The van der Waals surface area contributed by atoms with Gasteiger partial charge in [-0.25, -0.2) is 0 Å². The van der Waals surface area contributed by atoms with Crippen molar-refractivity contribution in [2.75, 3.05) is 21.1 Å². The van der Waals surface area contributed by atoms with Crippen molar-refractivity contribution >= 4 is 0 Å². The van der Waals surface area contributed by atoms with Crippen molar-refractivity contribution in [2.24, 2.45) is 0 Å². The molecule has 0 aromatic carbocycles. The molecule has 1 fully saturated rings. The molecular weight excluding hydrogens is 248 g/mol. The summed E-state index contributed by atoms with van der Waals surface area (Å²) in [5.41, 5.74) is 1.56. The van der Waals surface area contributed by atoms with Gasteiger partial charge in [-0.3, -0.25) is 4.68 Å². The van der Waals surface area contributed by atoms with Gasteiger partial charge in [0.05, 0.1) is 11.7 Å². The smallest absolute Gasteiger partial charge is 0.0676 e. The van der Waals surface area contributed by atoms with Crippen molar-refractivity contribution in [2.45, 2.75) is 63.6 Å². The average Bonchev–Trinajstić information content (AvgIpc) is 2.89. The summed E-state index contributed by atoms with van der Waals surface area (Å²) in [5.74, 6) is 0. The van der Waals surface area contributed by atoms with E-state index in [0.29, 0.717) is 6.04 Å². The lowest BCUT2D eigenvalue weighted by Crippen LogP contribution is -2.54. The number of nitrogens with one attached hydrogen (secondary N) is 1. The topological polar surface area (TPSA) is 33.1 Å². The second kappa shape index (κ2) is 6.72. The summed E-state index contributed by atoms with van der Waals surface area (Å²) in [7, 11) is 6.56. The third-order valence-electron chi connectivity index (χ3n) is 4.92. The fraction of sp³-hybridized carbons (Fsp3) is 0.812. The van der Waals surface area contributed by atoms with Gasteiger partial charge in [-0.05, 0) is 46.5 Å². The van der Waals surface area contributed by atoms with Crippen molar-refractivity contribution < 1.29 is 0 Å². The Kier molecular flexibility index (Phi) is 5.22. The fourth-order valence-corrected chi connectivity index (χ4v) is 3.84. The number of rotatable bonds is 6. The van der Waals surface area contributed by atoms with Crippen LogP contribution in [-0.2, 0) is 6.54 Å². The zero-order chi connectivity index (χ0) is 14.6. The van der Waals surface area contributed by atoms with Crippen LogP contribution >= 0.6 is 0 Å². The van der Waals surface area contributed by atoms with E-state index in [4.69, 9.17) is 0 Å². The van der Waals surface area contributed by atoms with Gasteiger partial charge in [-0.2, -0.15) is 5.10 Å². The molecule has 1 unspecified atom stereocenters. The van der Waals surface area contributed by atoms with E-state index in [9.17, 15) is 0 Å². The highest BCUT2D eigenvalue weighted by Crippen LogP contribution is 2.41. The molecule has 1 saturated carbocycles. The molecular formula is C16H30N4. The first kappa shape index (κ1) is 15.5. The third kappa shape index (κ3) is 2.77. The second-order valence-corrected chi connectivity index (χ2v) is 6.26. The summed E-state index contributed by atoms with van der Waals surface area (Å²) in [6.07, 6.45) is 9.64. The van der Waals surface area contributed by atoms with Crippen LogP contribution in [0.2, 0.25) is 0 Å². The minimum absolute atomic E-state index is 0.221. The Morgan fingerprint density at radius 2 is 2.05 bits per heavy atom. The maximum absolute atomic E-state index is 4.52. The number of hydrogen-bond acceptors (Lipinski definition) is 3. The first-order chi connectivity index (χ1) is 9.65. The molecule has 0 spiro atoms. The standard InChI is InChI=1S/C16H30N4/c1-5-13-20-14(9-12-18-20)15(17-2)16(19(3)4)10-7-6-8-11-16/h9,12,15,17H,5-8,10-11,13H2,1-4H3. The number of aromatic nitrogens is 2. The van der Waals surface area contributed by atoms with Gasteiger partial charge in [0.25, 0.3) is 0 Å². The van der Waals surface area contributed by atoms with Crippen molar-refractivity contribution in [1.29, 1.82) is 0 Å². The molecule has 1 aliphatic carbocycles. The largest absolute Gasteiger partial charge is 0.310 e. The lowest BCUT2D eigenvalue weighted by atomic mass is 9.74. The van der Waals surface area contributed by atoms with Crippen LogP contribution < -0.4 is 5.32 Å². The lowest BCUT2D eigenvalue weighted by Gasteiger charge is -2.48. The molecule has 114 valence electrons. The number of nitrogens with zero attached hydrogens (tertiary/aromatic N) is 3. The van der Waals surface area contributed by atoms with Crippen LogP contribution in [0.25, 0.3) is 0 Å². The zero-order valence-electron chi connectivity index (χ0n) is 13.5. The Morgan fingerprint density at radius 3 is 2.60 bits per heavy atom. The highest BCUT2D eigenvalue weighted by atomic mass is 15.3. The van der Waals surface area contributed by atoms with E-state index in [1.807, 2.05) is 6.20 Å². The maximum Gasteiger partial charge on any atom is 0.0676 e. The third-order valence-corrected chi connectivity index (χ3v) is 4.92. The van der Waals surface area contributed by atoms with Gasteiger partial charge >= 0.3 is 0 Å². The predicted octanol–water partition coefficient (Wildman–Crippen LogP) is 2.82. The van der Waals surface area contributed by atoms with Gasteiger partial charge in [0.15, 0.2) is 0 Å². The molecule has 0 radical (unpaired) electrons. The Balaban J connectivity index is 2.35. The van der Waals surface area contributed by atoms with Crippen molar-refractivity contribution in [1.82, 2.24) is 20.0 Å². The molecule has 0 aliphatic heterocycles. The first-order valence-corrected chi connectivity index (χ1v) is 8.02. The SMILES string of the molecule is CCCn1nccc1C(NC)C1(N(C)C)CCCCC1. The molecule has 1 heterocycles. The average molecular weight is 278 g/mol. The summed E-state index contributed by atoms with van der Waals surface area (Å²) < 4.78 is 2.18. The Hall–Kier alpha value is -0.870. The molecule has 1 aromatic heterocycles. The van der Waals surface area contributed by atoms with Crippen LogP contribution in [-0.4, -0.2) is 41.4 Å². The van der Waals surface area contributed by atoms with E-state index in [2.05, 4.69) is 54.1 Å². The molecule has 4 nitrogen and oxygen atoms in total. The Morgan fingerprint density at radius 1 is 1.35 bits per heavy atom. The molecule has 0 amide bonds. The normalized spacial score (nSPS) is 20.2. The summed E-state index contributed by atoms with van der Waals surface area (Å²) in [4.78, 5) is 2.44. The molecule has 2 rings (SSSR count). The van der Waals surface area contributed by atoms with E-state index < -0.39 is 0 Å². The summed E-state index contributed by atoms with van der Waals surface area (Å²) in [5, 5.41) is 8.11. The molecule has 1 atom stereocenters. The fourth-order valence-electron chi connectivity index (χ4n) is 3.84. The van der Waals surface area contributed by atoms with Gasteiger partial charge in [-0.1, -0.05) is 26.2 Å². The van der Waals surface area contributed by atoms with Crippen molar-refractivity contribution in [3.63, 3.8) is 0 Å². The molecule has 20 heavy (non-hydrogen) atoms. The molecule has 1 N–H and O–H groups in total. The van der Waals surface area contributed by atoms with E-state index in [1.54, 1.807) is 0 Å². The molecule has 1 aromatic rings. The first-order valence-electron chi connectivity index (χ1n) is 8.02. The van der Waals surface area contributed by atoms with Crippen LogP contribution in [0.3, 0.4) is 0 Å². The van der Waals surface area contributed by atoms with Crippen LogP contribution in [0.4, 0.5) is 0 Å². The quantitative estimate of drug-likeness (QED) is 0.868. The van der Waals surface area contributed by atoms with E-state index >= 15 is 0 Å². The summed E-state index contributed by atoms with van der Waals surface area (Å²) >= 11 is 0. The number of aryl methyl sites for hydroxylation is 1. The van der Waals surface area contributed by atoms with E-state index in [-0.39, 0.29) is 5.54 Å². The van der Waals surface area contributed by atoms with Gasteiger partial charge in [0.1, 0.15) is 0 Å². The lowest BCUT2D eigenvalue weighted by molar-refractivity contribution is 0.0559. The van der Waals surface area contributed by atoms with Gasteiger partial charge < -0.3 is 10.2 Å². The summed E-state index contributed by atoms with van der Waals surface area (Å²) in [6, 6.07) is 2.54. The van der Waals surface area contributed by atoms with Crippen LogP contribution in [0.15, 0.2) is 12.3 Å². The van der Waals surface area contributed by atoms with Crippen molar-refractivity contribution in [3.05, 3.63) is 18.0 Å². The van der Waals surface area contributed by atoms with Crippen LogP contribution in [0.5, 0.6) is 0 Å². The highest BCUT2D eigenvalue weighted by Gasteiger charge is 2.43.